The lowest BCUT2D eigenvalue weighted by atomic mass is 9.98. The van der Waals surface area contributed by atoms with Gasteiger partial charge in [-0.3, -0.25) is 4.90 Å². The van der Waals surface area contributed by atoms with Crippen LogP contribution in [-0.2, 0) is 13.0 Å². The molecule has 0 radical (unpaired) electrons. The van der Waals surface area contributed by atoms with Gasteiger partial charge in [0.15, 0.2) is 0 Å². The zero-order valence-electron chi connectivity index (χ0n) is 19.0. The Balaban J connectivity index is 1.61. The van der Waals surface area contributed by atoms with Gasteiger partial charge in [-0.1, -0.05) is 41.9 Å². The molecule has 172 valence electrons. The lowest BCUT2D eigenvalue weighted by Crippen LogP contribution is -2.48. The van der Waals surface area contributed by atoms with Crippen LogP contribution >= 0.6 is 11.6 Å². The Kier molecular flexibility index (Phi) is 7.83. The molecule has 0 amide bonds. The van der Waals surface area contributed by atoms with E-state index >= 15 is 0 Å². The molecule has 3 aromatic carbocycles. The topological polar surface area (TPSA) is 74.3 Å². The van der Waals surface area contributed by atoms with Crippen LogP contribution in [0.1, 0.15) is 40.3 Å². The van der Waals surface area contributed by atoms with E-state index in [2.05, 4.69) is 40.1 Å². The van der Waals surface area contributed by atoms with Gasteiger partial charge < -0.3 is 10.0 Å². The van der Waals surface area contributed by atoms with Crippen LogP contribution in [0.2, 0.25) is 5.02 Å². The molecule has 0 saturated carbocycles. The molecule has 1 aliphatic heterocycles. The highest BCUT2D eigenvalue weighted by Gasteiger charge is 2.30. The normalized spacial score (nSPS) is 16.1. The third-order valence-corrected chi connectivity index (χ3v) is 6.57. The van der Waals surface area contributed by atoms with Crippen LogP contribution in [0.4, 0.5) is 5.69 Å². The van der Waals surface area contributed by atoms with Gasteiger partial charge in [0, 0.05) is 37.8 Å². The van der Waals surface area contributed by atoms with Crippen molar-refractivity contribution in [3.63, 3.8) is 0 Å². The maximum atomic E-state index is 9.90. The summed E-state index contributed by atoms with van der Waals surface area (Å²) in [5, 5.41) is 28.8. The van der Waals surface area contributed by atoms with E-state index in [4.69, 9.17) is 22.0 Å². The average Bonchev–Trinajstić information content (AvgIpc) is 2.88. The smallest absolute Gasteiger partial charge is 0.101 e. The molecule has 3 aromatic rings. The summed E-state index contributed by atoms with van der Waals surface area (Å²) in [5.41, 5.74) is 5.66. The Morgan fingerprint density at radius 1 is 0.912 bits per heavy atom. The second-order valence-corrected chi connectivity index (χ2v) is 9.03. The van der Waals surface area contributed by atoms with Gasteiger partial charge in [0.1, 0.15) is 6.07 Å². The van der Waals surface area contributed by atoms with Gasteiger partial charge in [-0.2, -0.15) is 10.5 Å². The van der Waals surface area contributed by atoms with E-state index in [-0.39, 0.29) is 12.6 Å². The molecule has 0 spiro atoms. The van der Waals surface area contributed by atoms with Crippen LogP contribution in [0.25, 0.3) is 0 Å². The van der Waals surface area contributed by atoms with Crippen molar-refractivity contribution in [2.75, 3.05) is 31.1 Å². The number of rotatable bonds is 7. The van der Waals surface area contributed by atoms with E-state index in [1.165, 1.54) is 5.56 Å². The highest BCUT2D eigenvalue weighted by molar-refractivity contribution is 6.30. The van der Waals surface area contributed by atoms with Crippen molar-refractivity contribution in [1.82, 2.24) is 4.90 Å². The minimum absolute atomic E-state index is 0.0693. The number of benzene rings is 3. The molecule has 34 heavy (non-hydrogen) atoms. The summed E-state index contributed by atoms with van der Waals surface area (Å²) < 4.78 is 0. The fourth-order valence-corrected chi connectivity index (χ4v) is 4.67. The van der Waals surface area contributed by atoms with Crippen LogP contribution in [0, 0.1) is 22.7 Å². The van der Waals surface area contributed by atoms with Gasteiger partial charge >= 0.3 is 0 Å². The number of hydrogen-bond acceptors (Lipinski definition) is 5. The Bertz CT molecular complexity index is 1200. The minimum atomic E-state index is 0.0693. The number of anilines is 1. The first kappa shape index (κ1) is 23.8. The van der Waals surface area contributed by atoms with Crippen molar-refractivity contribution in [3.8, 4) is 12.1 Å². The first-order valence-corrected chi connectivity index (χ1v) is 11.9. The molecule has 1 fully saturated rings. The Hall–Kier alpha value is -3.35. The number of nitriles is 2. The molecule has 0 bridgehead atoms. The third kappa shape index (κ3) is 5.58. The van der Waals surface area contributed by atoms with Crippen LogP contribution in [0.3, 0.4) is 0 Å². The second kappa shape index (κ2) is 11.2. The van der Waals surface area contributed by atoms with Crippen molar-refractivity contribution in [2.45, 2.75) is 25.4 Å². The van der Waals surface area contributed by atoms with Crippen LogP contribution < -0.4 is 4.90 Å². The largest absolute Gasteiger partial charge is 0.396 e. The average molecular weight is 471 g/mol. The summed E-state index contributed by atoms with van der Waals surface area (Å²) in [6.07, 6.45) is 1.44. The van der Waals surface area contributed by atoms with Gasteiger partial charge in [0.05, 0.1) is 28.9 Å². The quantitative estimate of drug-likeness (QED) is 0.521. The number of piperazine rings is 1. The summed E-state index contributed by atoms with van der Waals surface area (Å²) >= 11 is 6.16. The molecule has 1 heterocycles. The first-order valence-electron chi connectivity index (χ1n) is 11.5. The maximum absolute atomic E-state index is 9.90. The lowest BCUT2D eigenvalue weighted by Gasteiger charge is -2.43. The summed E-state index contributed by atoms with van der Waals surface area (Å²) in [5.74, 6) is 0. The van der Waals surface area contributed by atoms with Crippen molar-refractivity contribution < 1.29 is 5.11 Å². The van der Waals surface area contributed by atoms with E-state index in [9.17, 15) is 5.26 Å². The lowest BCUT2D eigenvalue weighted by molar-refractivity contribution is 0.215. The van der Waals surface area contributed by atoms with Crippen molar-refractivity contribution >= 4 is 17.3 Å². The van der Waals surface area contributed by atoms with Crippen molar-refractivity contribution in [1.29, 1.82) is 10.5 Å². The van der Waals surface area contributed by atoms with Gasteiger partial charge in [-0.15, -0.1) is 0 Å². The predicted octanol–water partition coefficient (Wildman–Crippen LogP) is 5.07. The van der Waals surface area contributed by atoms with Crippen LogP contribution in [0.15, 0.2) is 66.7 Å². The molecule has 6 heteroatoms. The van der Waals surface area contributed by atoms with E-state index in [0.717, 1.165) is 49.4 Å². The summed E-state index contributed by atoms with van der Waals surface area (Å²) in [6, 6.07) is 26.4. The molecular formula is C28H27ClN4O. The third-order valence-electron chi connectivity index (χ3n) is 6.32. The monoisotopic (exact) mass is 470 g/mol. The molecule has 0 aliphatic carbocycles. The summed E-state index contributed by atoms with van der Waals surface area (Å²) in [7, 11) is 0. The zero-order valence-corrected chi connectivity index (χ0v) is 19.7. The van der Waals surface area contributed by atoms with Gasteiger partial charge in [-0.25, -0.2) is 0 Å². The molecule has 1 N–H and O–H groups in total. The molecule has 1 saturated heterocycles. The minimum Gasteiger partial charge on any atom is -0.396 e. The van der Waals surface area contributed by atoms with Gasteiger partial charge in [-0.05, 0) is 65.9 Å². The molecule has 0 aromatic heterocycles. The number of aliphatic hydroxyl groups excluding tert-OH is 1. The van der Waals surface area contributed by atoms with E-state index in [0.29, 0.717) is 22.6 Å². The Morgan fingerprint density at radius 3 is 2.32 bits per heavy atom. The molecule has 1 atom stereocenters. The SMILES string of the molecule is N#Cc1ccc(CN2CCN(c3ccc(CCCO)cc3C#N)[C@H](c3ccc(Cl)cc3)C2)cc1. The number of nitrogens with zero attached hydrogens (tertiary/aromatic N) is 4. The Morgan fingerprint density at radius 2 is 1.65 bits per heavy atom. The maximum Gasteiger partial charge on any atom is 0.101 e. The zero-order chi connectivity index (χ0) is 23.9. The van der Waals surface area contributed by atoms with Crippen LogP contribution in [-0.4, -0.2) is 36.2 Å². The second-order valence-electron chi connectivity index (χ2n) is 8.60. The molecular weight excluding hydrogens is 444 g/mol. The van der Waals surface area contributed by atoms with Crippen molar-refractivity contribution in [3.05, 3.63) is 99.6 Å². The first-order chi connectivity index (χ1) is 16.6. The number of halogens is 1. The molecule has 5 nitrogen and oxygen atoms in total. The fraction of sp³-hybridized carbons (Fsp3) is 0.286. The highest BCUT2D eigenvalue weighted by atomic mass is 35.5. The number of aryl methyl sites for hydroxylation is 1. The fourth-order valence-electron chi connectivity index (χ4n) is 4.55. The Labute approximate surface area is 206 Å². The van der Waals surface area contributed by atoms with E-state index < -0.39 is 0 Å². The van der Waals surface area contributed by atoms with Crippen LogP contribution in [0.5, 0.6) is 0 Å². The van der Waals surface area contributed by atoms with Gasteiger partial charge in [0.2, 0.25) is 0 Å². The predicted molar refractivity (Wildman–Crippen MR) is 135 cm³/mol. The standard InChI is InChI=1S/C28H27ClN4O/c29-26-10-8-24(9-11-26)28-20-32(19-23-5-3-22(17-30)4-6-23)13-14-33(28)27-12-7-21(2-1-15-34)16-25(27)18-31/h3-12,16,28,34H,1-2,13-15,19-20H2/t28-/m0/s1. The highest BCUT2D eigenvalue weighted by Crippen LogP contribution is 2.34. The van der Waals surface area contributed by atoms with E-state index in [1.54, 1.807) is 0 Å². The summed E-state index contributed by atoms with van der Waals surface area (Å²) in [4.78, 5) is 4.74. The molecule has 1 aliphatic rings. The molecule has 0 unspecified atom stereocenters. The summed E-state index contributed by atoms with van der Waals surface area (Å²) in [6.45, 7) is 3.40. The van der Waals surface area contributed by atoms with Gasteiger partial charge in [0.25, 0.3) is 0 Å². The van der Waals surface area contributed by atoms with E-state index in [1.807, 2.05) is 48.5 Å². The van der Waals surface area contributed by atoms with Crippen molar-refractivity contribution in [2.24, 2.45) is 0 Å². The molecule has 4 rings (SSSR count). The number of aliphatic hydroxyl groups is 1. The number of hydrogen-bond donors (Lipinski definition) is 1.